The van der Waals surface area contributed by atoms with Gasteiger partial charge in [0.1, 0.15) is 0 Å². The molecule has 10 heteroatoms. The Kier molecular flexibility index (Phi) is 6.87. The molecular formula is C22H29N3O5S2. The number of morpholine rings is 1. The summed E-state index contributed by atoms with van der Waals surface area (Å²) in [5.74, 6) is 0. The van der Waals surface area contributed by atoms with Gasteiger partial charge in [0.05, 0.1) is 23.0 Å². The van der Waals surface area contributed by atoms with E-state index in [4.69, 9.17) is 4.74 Å². The van der Waals surface area contributed by atoms with Crippen molar-refractivity contribution in [3.05, 3.63) is 54.1 Å². The lowest BCUT2D eigenvalue weighted by Crippen LogP contribution is -2.40. The molecule has 2 aromatic carbocycles. The second-order valence-electron chi connectivity index (χ2n) is 8.11. The molecule has 0 saturated carbocycles. The maximum atomic E-state index is 13.0. The van der Waals surface area contributed by atoms with E-state index in [1.54, 1.807) is 0 Å². The fraction of sp³-hybridized carbons (Fsp3) is 0.455. The maximum absolute atomic E-state index is 13.0. The van der Waals surface area contributed by atoms with Gasteiger partial charge in [-0.25, -0.2) is 16.8 Å². The van der Waals surface area contributed by atoms with E-state index in [1.807, 2.05) is 24.3 Å². The van der Waals surface area contributed by atoms with Crippen LogP contribution < -0.4 is 4.90 Å². The number of nitrogens with zero attached hydrogens (tertiary/aromatic N) is 3. The molecular weight excluding hydrogens is 450 g/mol. The van der Waals surface area contributed by atoms with Crippen LogP contribution in [0.2, 0.25) is 0 Å². The van der Waals surface area contributed by atoms with Crippen molar-refractivity contribution in [1.29, 1.82) is 0 Å². The summed E-state index contributed by atoms with van der Waals surface area (Å²) in [5, 5.41) is 0. The third-order valence-electron chi connectivity index (χ3n) is 5.95. The first kappa shape index (κ1) is 23.2. The Labute approximate surface area is 190 Å². The standard InChI is InChI=1S/C22H29N3O5S2/c1-23(18-19-4-6-20(7-5-19)24-12-2-3-13-24)31(26,27)21-8-10-22(11-9-21)32(28,29)25-14-16-30-17-15-25/h4-11H,2-3,12-18H2,1H3. The van der Waals surface area contributed by atoms with Crippen molar-refractivity contribution in [2.45, 2.75) is 29.2 Å². The lowest BCUT2D eigenvalue weighted by molar-refractivity contribution is 0.0730. The highest BCUT2D eigenvalue weighted by Gasteiger charge is 2.27. The van der Waals surface area contributed by atoms with Gasteiger partial charge in [-0.3, -0.25) is 0 Å². The first-order chi connectivity index (χ1) is 15.3. The molecule has 2 saturated heterocycles. The van der Waals surface area contributed by atoms with Crippen molar-refractivity contribution in [2.24, 2.45) is 0 Å². The summed E-state index contributed by atoms with van der Waals surface area (Å²) in [6, 6.07) is 13.4. The van der Waals surface area contributed by atoms with Gasteiger partial charge in [-0.2, -0.15) is 8.61 Å². The van der Waals surface area contributed by atoms with E-state index in [1.165, 1.54) is 52.8 Å². The van der Waals surface area contributed by atoms with Crippen LogP contribution in [0.15, 0.2) is 58.3 Å². The summed E-state index contributed by atoms with van der Waals surface area (Å²) >= 11 is 0. The van der Waals surface area contributed by atoms with Crippen molar-refractivity contribution in [3.8, 4) is 0 Å². The summed E-state index contributed by atoms with van der Waals surface area (Å²) in [6.07, 6.45) is 2.41. The third kappa shape index (κ3) is 4.84. The molecule has 0 N–H and O–H groups in total. The van der Waals surface area contributed by atoms with Gasteiger partial charge in [0, 0.05) is 45.5 Å². The molecule has 32 heavy (non-hydrogen) atoms. The van der Waals surface area contributed by atoms with Crippen LogP contribution in [0.4, 0.5) is 5.69 Å². The lowest BCUT2D eigenvalue weighted by Gasteiger charge is -2.26. The number of hydrogen-bond acceptors (Lipinski definition) is 6. The van der Waals surface area contributed by atoms with E-state index < -0.39 is 20.0 Å². The topological polar surface area (TPSA) is 87.2 Å². The molecule has 2 aromatic rings. The first-order valence-corrected chi connectivity index (χ1v) is 13.6. The zero-order valence-corrected chi connectivity index (χ0v) is 19.8. The second-order valence-corrected chi connectivity index (χ2v) is 12.1. The van der Waals surface area contributed by atoms with E-state index in [0.717, 1.165) is 24.3 Å². The van der Waals surface area contributed by atoms with Crippen LogP contribution >= 0.6 is 0 Å². The average molecular weight is 480 g/mol. The molecule has 0 unspecified atom stereocenters. The molecule has 2 aliphatic rings. The van der Waals surface area contributed by atoms with Gasteiger partial charge in [-0.05, 0) is 54.8 Å². The third-order valence-corrected chi connectivity index (χ3v) is 9.68. The quantitative estimate of drug-likeness (QED) is 0.605. The van der Waals surface area contributed by atoms with Crippen molar-refractivity contribution in [1.82, 2.24) is 8.61 Å². The molecule has 0 aliphatic carbocycles. The molecule has 2 fully saturated rings. The monoisotopic (exact) mass is 479 g/mol. The van der Waals surface area contributed by atoms with Crippen LogP contribution in [0, 0.1) is 0 Å². The number of anilines is 1. The normalized spacial score (nSPS) is 18.4. The molecule has 0 amide bonds. The minimum absolute atomic E-state index is 0.0645. The number of ether oxygens (including phenoxy) is 1. The smallest absolute Gasteiger partial charge is 0.243 e. The average Bonchev–Trinajstić information content (AvgIpc) is 3.35. The lowest BCUT2D eigenvalue weighted by atomic mass is 10.2. The van der Waals surface area contributed by atoms with Gasteiger partial charge in [0.25, 0.3) is 0 Å². The van der Waals surface area contributed by atoms with E-state index in [2.05, 4.69) is 4.90 Å². The molecule has 0 spiro atoms. The number of benzene rings is 2. The minimum atomic E-state index is -3.76. The van der Waals surface area contributed by atoms with Crippen LogP contribution in [0.1, 0.15) is 18.4 Å². The highest BCUT2D eigenvalue weighted by Crippen LogP contribution is 2.24. The summed E-state index contributed by atoms with van der Waals surface area (Å²) in [5.41, 5.74) is 2.05. The van der Waals surface area contributed by atoms with E-state index >= 15 is 0 Å². The Morgan fingerprint density at radius 3 is 1.97 bits per heavy atom. The maximum Gasteiger partial charge on any atom is 0.243 e. The minimum Gasteiger partial charge on any atom is -0.379 e. The number of hydrogen-bond donors (Lipinski definition) is 0. The summed E-state index contributed by atoms with van der Waals surface area (Å²) in [6.45, 7) is 3.65. The van der Waals surface area contributed by atoms with Gasteiger partial charge in [0.2, 0.25) is 20.0 Å². The zero-order chi connectivity index (χ0) is 22.8. The van der Waals surface area contributed by atoms with E-state index in [9.17, 15) is 16.8 Å². The SMILES string of the molecule is CN(Cc1ccc(N2CCCC2)cc1)S(=O)(=O)c1ccc(S(=O)(=O)N2CCOCC2)cc1. The van der Waals surface area contributed by atoms with Gasteiger partial charge in [-0.1, -0.05) is 12.1 Å². The van der Waals surface area contributed by atoms with Gasteiger partial charge < -0.3 is 9.64 Å². The Balaban J connectivity index is 1.45. The molecule has 4 rings (SSSR count). The molecule has 174 valence electrons. The van der Waals surface area contributed by atoms with Crippen LogP contribution in [-0.4, -0.2) is 71.9 Å². The predicted octanol–water partition coefficient (Wildman–Crippen LogP) is 2.13. The van der Waals surface area contributed by atoms with E-state index in [0.29, 0.717) is 26.3 Å². The van der Waals surface area contributed by atoms with Crippen LogP contribution in [-0.2, 0) is 31.3 Å². The summed E-state index contributed by atoms with van der Waals surface area (Å²) in [4.78, 5) is 2.48. The summed E-state index contributed by atoms with van der Waals surface area (Å²) in [7, 11) is -5.89. The molecule has 0 bridgehead atoms. The number of sulfonamides is 2. The van der Waals surface area contributed by atoms with Crippen molar-refractivity contribution in [3.63, 3.8) is 0 Å². The Hall–Kier alpha value is -1.98. The molecule has 0 radical (unpaired) electrons. The second kappa shape index (κ2) is 9.48. The van der Waals surface area contributed by atoms with Gasteiger partial charge in [-0.15, -0.1) is 0 Å². The first-order valence-electron chi connectivity index (χ1n) is 10.8. The van der Waals surface area contributed by atoms with Gasteiger partial charge in [0.15, 0.2) is 0 Å². The highest BCUT2D eigenvalue weighted by molar-refractivity contribution is 7.89. The molecule has 0 aromatic heterocycles. The fourth-order valence-corrected chi connectivity index (χ4v) is 6.60. The number of rotatable bonds is 7. The highest BCUT2D eigenvalue weighted by atomic mass is 32.2. The van der Waals surface area contributed by atoms with Crippen molar-refractivity contribution < 1.29 is 21.6 Å². The summed E-state index contributed by atoms with van der Waals surface area (Å²) < 4.78 is 59.4. The predicted molar refractivity (Wildman–Crippen MR) is 123 cm³/mol. The Morgan fingerprint density at radius 2 is 1.38 bits per heavy atom. The van der Waals surface area contributed by atoms with Gasteiger partial charge >= 0.3 is 0 Å². The van der Waals surface area contributed by atoms with Crippen LogP contribution in [0.3, 0.4) is 0 Å². The molecule has 8 nitrogen and oxygen atoms in total. The van der Waals surface area contributed by atoms with Crippen molar-refractivity contribution >= 4 is 25.7 Å². The molecule has 2 aliphatic heterocycles. The van der Waals surface area contributed by atoms with Crippen molar-refractivity contribution in [2.75, 3.05) is 51.3 Å². The Morgan fingerprint density at radius 1 is 0.812 bits per heavy atom. The van der Waals surface area contributed by atoms with Crippen LogP contribution in [0.25, 0.3) is 0 Å². The largest absolute Gasteiger partial charge is 0.379 e. The van der Waals surface area contributed by atoms with E-state index in [-0.39, 0.29) is 16.3 Å². The van der Waals surface area contributed by atoms with Crippen LogP contribution in [0.5, 0.6) is 0 Å². The molecule has 0 atom stereocenters. The fourth-order valence-electron chi connectivity index (χ4n) is 4.03. The zero-order valence-electron chi connectivity index (χ0n) is 18.2. The Bertz CT molecular complexity index is 1120. The molecule has 2 heterocycles.